The van der Waals surface area contributed by atoms with E-state index in [1.165, 1.54) is 11.1 Å². The van der Waals surface area contributed by atoms with Crippen LogP contribution in [-0.4, -0.2) is 36.5 Å². The minimum absolute atomic E-state index is 0.0897. The van der Waals surface area contributed by atoms with E-state index < -0.39 is 0 Å². The molecule has 1 fully saturated rings. The molecule has 22 heavy (non-hydrogen) atoms. The van der Waals surface area contributed by atoms with Crippen LogP contribution < -0.4 is 5.73 Å². The van der Waals surface area contributed by atoms with Crippen molar-refractivity contribution in [2.24, 2.45) is 11.7 Å². The first-order valence-electron chi connectivity index (χ1n) is 8.38. The van der Waals surface area contributed by atoms with Gasteiger partial charge in [0.25, 0.3) is 0 Å². The highest BCUT2D eigenvalue weighted by Crippen LogP contribution is 2.30. The Morgan fingerprint density at radius 1 is 1.45 bits per heavy atom. The molecule has 0 aliphatic carbocycles. The molecule has 2 aliphatic heterocycles. The molecule has 0 spiro atoms. The summed E-state index contributed by atoms with van der Waals surface area (Å²) in [5.41, 5.74) is 8.52. The number of carbonyl (C=O) groups excluding carboxylic acids is 1. The number of nitrogens with zero attached hydrogens (tertiary/aromatic N) is 1. The average molecular weight is 302 g/mol. The molecule has 4 nitrogen and oxygen atoms in total. The number of ether oxygens (including phenoxy) is 1. The molecule has 0 unspecified atom stereocenters. The van der Waals surface area contributed by atoms with Gasteiger partial charge in [-0.2, -0.15) is 0 Å². The molecular formula is C18H26N2O2. The average Bonchev–Trinajstić information content (AvgIpc) is 2.55. The molecule has 0 bridgehead atoms. The lowest BCUT2D eigenvalue weighted by molar-refractivity contribution is -0.136. The first-order chi connectivity index (χ1) is 10.6. The fourth-order valence-corrected chi connectivity index (χ4v) is 3.60. The lowest BCUT2D eigenvalue weighted by atomic mass is 9.91. The molecule has 3 atom stereocenters. The van der Waals surface area contributed by atoms with E-state index in [1.54, 1.807) is 0 Å². The topological polar surface area (TPSA) is 55.6 Å². The van der Waals surface area contributed by atoms with Crippen molar-refractivity contribution in [1.82, 2.24) is 4.90 Å². The molecule has 4 heteroatoms. The number of amides is 1. The van der Waals surface area contributed by atoms with Crippen LogP contribution in [0.25, 0.3) is 0 Å². The van der Waals surface area contributed by atoms with E-state index in [1.807, 2.05) is 17.9 Å². The third-order valence-corrected chi connectivity index (χ3v) is 5.01. The Morgan fingerprint density at radius 3 is 3.09 bits per heavy atom. The van der Waals surface area contributed by atoms with Crippen molar-refractivity contribution >= 4 is 5.91 Å². The number of hydrogen-bond donors (Lipinski definition) is 1. The van der Waals surface area contributed by atoms with E-state index in [9.17, 15) is 4.79 Å². The predicted molar refractivity (Wildman–Crippen MR) is 86.4 cm³/mol. The first-order valence-corrected chi connectivity index (χ1v) is 8.38. The highest BCUT2D eigenvalue weighted by Gasteiger charge is 2.29. The summed E-state index contributed by atoms with van der Waals surface area (Å²) in [5.74, 6) is 0.629. The van der Waals surface area contributed by atoms with Crippen LogP contribution in [0.5, 0.6) is 0 Å². The summed E-state index contributed by atoms with van der Waals surface area (Å²) in [6, 6.07) is 8.47. The lowest BCUT2D eigenvalue weighted by Crippen LogP contribution is -2.45. The van der Waals surface area contributed by atoms with Gasteiger partial charge in [-0.1, -0.05) is 24.3 Å². The van der Waals surface area contributed by atoms with Gasteiger partial charge in [0.2, 0.25) is 5.91 Å². The second-order valence-electron chi connectivity index (χ2n) is 6.61. The molecule has 120 valence electrons. The smallest absolute Gasteiger partial charge is 0.225 e. The Morgan fingerprint density at radius 2 is 2.27 bits per heavy atom. The number of piperidine rings is 1. The molecule has 0 aromatic heterocycles. The quantitative estimate of drug-likeness (QED) is 0.932. The summed E-state index contributed by atoms with van der Waals surface area (Å²) >= 11 is 0. The minimum Gasteiger partial charge on any atom is -0.373 e. The molecule has 0 saturated carbocycles. The second kappa shape index (κ2) is 6.80. The van der Waals surface area contributed by atoms with Crippen molar-refractivity contribution in [3.8, 4) is 0 Å². The first kappa shape index (κ1) is 15.5. The molecule has 0 radical (unpaired) electrons. The van der Waals surface area contributed by atoms with E-state index in [2.05, 4.69) is 18.2 Å². The zero-order chi connectivity index (χ0) is 15.5. The highest BCUT2D eigenvalue weighted by molar-refractivity contribution is 5.77. The van der Waals surface area contributed by atoms with Gasteiger partial charge in [-0.05, 0) is 43.2 Å². The van der Waals surface area contributed by atoms with Gasteiger partial charge in [-0.25, -0.2) is 0 Å². The van der Waals surface area contributed by atoms with Crippen LogP contribution in [-0.2, 0) is 16.0 Å². The zero-order valence-corrected chi connectivity index (χ0v) is 13.3. The maximum absolute atomic E-state index is 12.6. The van der Waals surface area contributed by atoms with Crippen LogP contribution in [0.2, 0.25) is 0 Å². The van der Waals surface area contributed by atoms with Crippen molar-refractivity contribution in [3.63, 3.8) is 0 Å². The van der Waals surface area contributed by atoms with Gasteiger partial charge in [0.15, 0.2) is 0 Å². The van der Waals surface area contributed by atoms with E-state index in [0.717, 1.165) is 32.4 Å². The van der Waals surface area contributed by atoms with Crippen LogP contribution >= 0.6 is 0 Å². The summed E-state index contributed by atoms with van der Waals surface area (Å²) in [5, 5.41) is 0. The van der Waals surface area contributed by atoms with Crippen LogP contribution in [0.15, 0.2) is 24.3 Å². The van der Waals surface area contributed by atoms with E-state index in [0.29, 0.717) is 18.9 Å². The zero-order valence-electron chi connectivity index (χ0n) is 13.3. The molecule has 1 aromatic rings. The SMILES string of the molecule is C[C@H](N)[C@@H]1CCCN(C(=O)C[C@@H]2OCCc3ccccc32)C1. The number of carbonyl (C=O) groups is 1. The molecule has 2 N–H and O–H groups in total. The van der Waals surface area contributed by atoms with E-state index in [4.69, 9.17) is 10.5 Å². The summed E-state index contributed by atoms with van der Waals surface area (Å²) in [6.45, 7) is 4.40. The van der Waals surface area contributed by atoms with Crippen molar-refractivity contribution in [2.75, 3.05) is 19.7 Å². The molecule has 2 aliphatic rings. The largest absolute Gasteiger partial charge is 0.373 e. The maximum atomic E-state index is 12.6. The predicted octanol–water partition coefficient (Wildman–Crippen LogP) is 2.28. The third-order valence-electron chi connectivity index (χ3n) is 5.01. The van der Waals surface area contributed by atoms with Crippen molar-refractivity contribution in [3.05, 3.63) is 35.4 Å². The standard InChI is InChI=1S/C18H26N2O2/c1-13(19)15-6-4-9-20(12-15)18(21)11-17-16-7-3-2-5-14(16)8-10-22-17/h2-3,5,7,13,15,17H,4,6,8-12,19H2,1H3/t13-,15+,17-/m0/s1. The highest BCUT2D eigenvalue weighted by atomic mass is 16.5. The molecule has 1 amide bonds. The van der Waals surface area contributed by atoms with E-state index in [-0.39, 0.29) is 18.1 Å². The maximum Gasteiger partial charge on any atom is 0.225 e. The second-order valence-corrected chi connectivity index (χ2v) is 6.61. The van der Waals surface area contributed by atoms with Gasteiger partial charge >= 0.3 is 0 Å². The van der Waals surface area contributed by atoms with Gasteiger partial charge in [0, 0.05) is 19.1 Å². The van der Waals surface area contributed by atoms with Crippen LogP contribution in [0.4, 0.5) is 0 Å². The number of likely N-dealkylation sites (tertiary alicyclic amines) is 1. The lowest BCUT2D eigenvalue weighted by Gasteiger charge is -2.36. The monoisotopic (exact) mass is 302 g/mol. The summed E-state index contributed by atoms with van der Waals surface area (Å²) < 4.78 is 5.87. The number of hydrogen-bond acceptors (Lipinski definition) is 3. The Kier molecular flexibility index (Phi) is 4.79. The molecule has 1 saturated heterocycles. The number of benzene rings is 1. The minimum atomic E-state index is -0.0897. The Bertz CT molecular complexity index is 530. The molecular weight excluding hydrogens is 276 g/mol. The van der Waals surface area contributed by atoms with Gasteiger partial charge in [0.05, 0.1) is 19.1 Å². The number of rotatable bonds is 3. The van der Waals surface area contributed by atoms with Gasteiger partial charge in [-0.3, -0.25) is 4.79 Å². The molecule has 2 heterocycles. The number of nitrogens with two attached hydrogens (primary N) is 1. The number of fused-ring (bicyclic) bond motifs is 1. The summed E-state index contributed by atoms with van der Waals surface area (Å²) in [6.07, 6.45) is 3.48. The summed E-state index contributed by atoms with van der Waals surface area (Å²) in [7, 11) is 0. The van der Waals surface area contributed by atoms with Crippen molar-refractivity contribution in [1.29, 1.82) is 0 Å². The normalized spacial score (nSPS) is 26.4. The fourth-order valence-electron chi connectivity index (χ4n) is 3.60. The van der Waals surface area contributed by atoms with Crippen LogP contribution in [0, 0.1) is 5.92 Å². The van der Waals surface area contributed by atoms with Crippen molar-refractivity contribution in [2.45, 2.75) is 44.8 Å². The molecule has 1 aromatic carbocycles. The van der Waals surface area contributed by atoms with Crippen LogP contribution in [0.3, 0.4) is 0 Å². The molecule has 3 rings (SSSR count). The Labute approximate surface area is 132 Å². The third kappa shape index (κ3) is 3.33. The Balaban J connectivity index is 1.65. The van der Waals surface area contributed by atoms with Gasteiger partial charge in [-0.15, -0.1) is 0 Å². The fraction of sp³-hybridized carbons (Fsp3) is 0.611. The van der Waals surface area contributed by atoms with E-state index >= 15 is 0 Å². The van der Waals surface area contributed by atoms with Crippen molar-refractivity contribution < 1.29 is 9.53 Å². The Hall–Kier alpha value is -1.39. The van der Waals surface area contributed by atoms with Gasteiger partial charge in [0.1, 0.15) is 0 Å². The summed E-state index contributed by atoms with van der Waals surface area (Å²) in [4.78, 5) is 14.6. The van der Waals surface area contributed by atoms with Crippen LogP contribution in [0.1, 0.15) is 43.4 Å². The van der Waals surface area contributed by atoms with Gasteiger partial charge < -0.3 is 15.4 Å².